The third-order valence-electron chi connectivity index (χ3n) is 4.55. The third kappa shape index (κ3) is 4.31. The Morgan fingerprint density at radius 2 is 1.92 bits per heavy atom. The second-order valence-electron chi connectivity index (χ2n) is 6.16. The van der Waals surface area contributed by atoms with E-state index in [4.69, 9.17) is 9.47 Å². The molecule has 132 valence electrons. The summed E-state index contributed by atoms with van der Waals surface area (Å²) in [6.07, 6.45) is 1.49. The monoisotopic (exact) mass is 340 g/mol. The van der Waals surface area contributed by atoms with Gasteiger partial charge in [-0.2, -0.15) is 0 Å². The molecule has 3 rings (SSSR count). The number of nitrogens with one attached hydrogen (secondary N) is 1. The number of anilines is 1. The number of benzene rings is 2. The van der Waals surface area contributed by atoms with Crippen molar-refractivity contribution in [3.8, 4) is 11.5 Å². The van der Waals surface area contributed by atoms with Crippen molar-refractivity contribution in [3.63, 3.8) is 0 Å². The minimum Gasteiger partial charge on any atom is -0.497 e. The van der Waals surface area contributed by atoms with Gasteiger partial charge in [0.25, 0.3) is 0 Å². The number of methoxy groups -OCH3 is 2. The summed E-state index contributed by atoms with van der Waals surface area (Å²) >= 11 is 0. The Kier molecular flexibility index (Phi) is 5.56. The molecule has 1 aliphatic rings. The topological polar surface area (TPSA) is 50.8 Å². The van der Waals surface area contributed by atoms with Crippen molar-refractivity contribution in [2.24, 2.45) is 0 Å². The van der Waals surface area contributed by atoms with Gasteiger partial charge in [-0.1, -0.05) is 24.3 Å². The fourth-order valence-corrected chi connectivity index (χ4v) is 3.13. The van der Waals surface area contributed by atoms with Crippen LogP contribution in [-0.4, -0.2) is 38.1 Å². The molecule has 5 nitrogen and oxygen atoms in total. The second-order valence-corrected chi connectivity index (χ2v) is 6.16. The van der Waals surface area contributed by atoms with E-state index < -0.39 is 0 Å². The molecular weight excluding hydrogens is 316 g/mol. The van der Waals surface area contributed by atoms with Crippen LogP contribution >= 0.6 is 0 Å². The Bertz CT molecular complexity index is 745. The van der Waals surface area contributed by atoms with Gasteiger partial charge in [-0.15, -0.1) is 0 Å². The van der Waals surface area contributed by atoms with Gasteiger partial charge in [0, 0.05) is 32.1 Å². The van der Waals surface area contributed by atoms with E-state index in [0.717, 1.165) is 26.1 Å². The minimum atomic E-state index is -0.0228. The number of ether oxygens (including phenoxy) is 2. The number of nitrogens with zero attached hydrogens (tertiary/aromatic N) is 1. The lowest BCUT2D eigenvalue weighted by Gasteiger charge is -2.28. The highest BCUT2D eigenvalue weighted by molar-refractivity contribution is 5.92. The van der Waals surface area contributed by atoms with Gasteiger partial charge < -0.3 is 14.8 Å². The molecule has 0 aromatic heterocycles. The Balaban J connectivity index is 1.55. The number of rotatable bonds is 6. The molecule has 0 bridgehead atoms. The maximum absolute atomic E-state index is 12.3. The maximum Gasteiger partial charge on any atom is 0.225 e. The van der Waals surface area contributed by atoms with Crippen molar-refractivity contribution in [3.05, 3.63) is 53.6 Å². The molecule has 0 spiro atoms. The van der Waals surface area contributed by atoms with Crippen LogP contribution in [0.2, 0.25) is 0 Å². The Morgan fingerprint density at radius 1 is 1.12 bits per heavy atom. The maximum atomic E-state index is 12.3. The largest absolute Gasteiger partial charge is 0.497 e. The van der Waals surface area contributed by atoms with Crippen LogP contribution in [0.15, 0.2) is 42.5 Å². The van der Waals surface area contributed by atoms with Crippen molar-refractivity contribution < 1.29 is 14.3 Å². The number of carbonyl (C=O) groups is 1. The molecule has 0 aliphatic carbocycles. The van der Waals surface area contributed by atoms with Crippen molar-refractivity contribution in [1.29, 1.82) is 0 Å². The number of hydrogen-bond donors (Lipinski definition) is 1. The average molecular weight is 340 g/mol. The van der Waals surface area contributed by atoms with E-state index in [1.54, 1.807) is 32.4 Å². The van der Waals surface area contributed by atoms with E-state index in [-0.39, 0.29) is 5.91 Å². The van der Waals surface area contributed by atoms with Crippen LogP contribution in [-0.2, 0) is 17.8 Å². The van der Waals surface area contributed by atoms with Crippen LogP contribution in [0.5, 0.6) is 11.5 Å². The van der Waals surface area contributed by atoms with Crippen molar-refractivity contribution in [2.45, 2.75) is 19.4 Å². The van der Waals surface area contributed by atoms with Crippen molar-refractivity contribution in [2.75, 3.05) is 32.6 Å². The van der Waals surface area contributed by atoms with Gasteiger partial charge in [-0.25, -0.2) is 0 Å². The summed E-state index contributed by atoms with van der Waals surface area (Å²) in [7, 11) is 3.18. The molecule has 1 heterocycles. The average Bonchev–Trinajstić information content (AvgIpc) is 2.66. The first-order chi connectivity index (χ1) is 12.2. The lowest BCUT2D eigenvalue weighted by molar-refractivity contribution is -0.116. The lowest BCUT2D eigenvalue weighted by atomic mass is 10.00. The first kappa shape index (κ1) is 17.3. The summed E-state index contributed by atoms with van der Waals surface area (Å²) < 4.78 is 10.5. The van der Waals surface area contributed by atoms with Crippen LogP contribution in [0, 0.1) is 0 Å². The molecule has 0 saturated heterocycles. The molecule has 0 atom stereocenters. The van der Waals surface area contributed by atoms with Gasteiger partial charge in [0.1, 0.15) is 11.5 Å². The fourth-order valence-electron chi connectivity index (χ4n) is 3.13. The number of fused-ring (bicyclic) bond motifs is 1. The van der Waals surface area contributed by atoms with E-state index in [9.17, 15) is 4.79 Å². The Hall–Kier alpha value is -2.53. The van der Waals surface area contributed by atoms with Crippen LogP contribution in [0.4, 0.5) is 5.69 Å². The highest BCUT2D eigenvalue weighted by Crippen LogP contribution is 2.29. The van der Waals surface area contributed by atoms with Crippen LogP contribution < -0.4 is 14.8 Å². The summed E-state index contributed by atoms with van der Waals surface area (Å²) in [5, 5.41) is 2.92. The minimum absolute atomic E-state index is 0.0228. The predicted molar refractivity (Wildman–Crippen MR) is 98.2 cm³/mol. The summed E-state index contributed by atoms with van der Waals surface area (Å²) in [6, 6.07) is 13.9. The molecule has 25 heavy (non-hydrogen) atoms. The first-order valence-electron chi connectivity index (χ1n) is 8.50. The summed E-state index contributed by atoms with van der Waals surface area (Å²) in [5.41, 5.74) is 3.42. The molecule has 1 N–H and O–H groups in total. The normalized spacial score (nSPS) is 13.8. The Labute approximate surface area is 148 Å². The molecule has 5 heteroatoms. The molecular formula is C20H24N2O3. The summed E-state index contributed by atoms with van der Waals surface area (Å²) in [4.78, 5) is 14.7. The third-order valence-corrected chi connectivity index (χ3v) is 4.55. The summed E-state index contributed by atoms with van der Waals surface area (Å²) in [6.45, 7) is 2.64. The van der Waals surface area contributed by atoms with Gasteiger partial charge in [-0.05, 0) is 29.7 Å². The quantitative estimate of drug-likeness (QED) is 0.878. The lowest BCUT2D eigenvalue weighted by Crippen LogP contribution is -2.33. The molecule has 1 aliphatic heterocycles. The highest BCUT2D eigenvalue weighted by atomic mass is 16.5. The van der Waals surface area contributed by atoms with Crippen molar-refractivity contribution >= 4 is 11.6 Å². The smallest absolute Gasteiger partial charge is 0.225 e. The number of hydrogen-bond acceptors (Lipinski definition) is 4. The predicted octanol–water partition coefficient (Wildman–Crippen LogP) is 3.09. The molecule has 0 unspecified atom stereocenters. The van der Waals surface area contributed by atoms with Crippen molar-refractivity contribution in [1.82, 2.24) is 4.90 Å². The second kappa shape index (κ2) is 8.03. The van der Waals surface area contributed by atoms with E-state index in [0.29, 0.717) is 23.6 Å². The SMILES string of the molecule is COc1ccc(OC)c(NC(=O)CCN2CCc3ccccc3C2)c1. The molecule has 2 aromatic rings. The molecule has 0 radical (unpaired) electrons. The standard InChI is InChI=1S/C20H24N2O3/c1-24-17-7-8-19(25-2)18(13-17)21-20(23)10-12-22-11-9-15-5-3-4-6-16(15)14-22/h3-8,13H,9-12,14H2,1-2H3,(H,21,23). The van der Waals surface area contributed by atoms with E-state index in [1.807, 2.05) is 0 Å². The summed E-state index contributed by atoms with van der Waals surface area (Å²) in [5.74, 6) is 1.29. The zero-order valence-corrected chi connectivity index (χ0v) is 14.7. The zero-order valence-electron chi connectivity index (χ0n) is 14.7. The number of carbonyl (C=O) groups excluding carboxylic acids is 1. The fraction of sp³-hybridized carbons (Fsp3) is 0.350. The van der Waals surface area contributed by atoms with E-state index in [1.165, 1.54) is 11.1 Å². The van der Waals surface area contributed by atoms with Crippen LogP contribution in [0.3, 0.4) is 0 Å². The van der Waals surface area contributed by atoms with Gasteiger partial charge in [0.15, 0.2) is 0 Å². The van der Waals surface area contributed by atoms with E-state index in [2.05, 4.69) is 34.5 Å². The zero-order chi connectivity index (χ0) is 17.6. The Morgan fingerprint density at radius 3 is 2.68 bits per heavy atom. The van der Waals surface area contributed by atoms with Gasteiger partial charge >= 0.3 is 0 Å². The highest BCUT2D eigenvalue weighted by Gasteiger charge is 2.17. The van der Waals surface area contributed by atoms with Crippen LogP contribution in [0.25, 0.3) is 0 Å². The molecule has 0 fully saturated rings. The van der Waals surface area contributed by atoms with Gasteiger partial charge in [0.2, 0.25) is 5.91 Å². The number of amides is 1. The first-order valence-corrected chi connectivity index (χ1v) is 8.50. The molecule has 2 aromatic carbocycles. The molecule has 1 amide bonds. The van der Waals surface area contributed by atoms with E-state index >= 15 is 0 Å². The van der Waals surface area contributed by atoms with Gasteiger partial charge in [0.05, 0.1) is 19.9 Å². The van der Waals surface area contributed by atoms with Crippen LogP contribution in [0.1, 0.15) is 17.5 Å². The van der Waals surface area contributed by atoms with Gasteiger partial charge in [-0.3, -0.25) is 9.69 Å². The molecule has 0 saturated carbocycles.